The van der Waals surface area contributed by atoms with E-state index >= 15 is 0 Å². The van der Waals surface area contributed by atoms with Crippen LogP contribution in [0.15, 0.2) is 12.2 Å². The third-order valence-corrected chi connectivity index (χ3v) is 4.23. The lowest BCUT2D eigenvalue weighted by Gasteiger charge is -2.37. The van der Waals surface area contributed by atoms with Crippen LogP contribution in [0.2, 0.25) is 0 Å². The summed E-state index contributed by atoms with van der Waals surface area (Å²) in [4.78, 5) is 24.9. The van der Waals surface area contributed by atoms with Gasteiger partial charge in [-0.2, -0.15) is 0 Å². The highest BCUT2D eigenvalue weighted by Crippen LogP contribution is 2.43. The molecule has 0 amide bonds. The van der Waals surface area contributed by atoms with Gasteiger partial charge in [0.1, 0.15) is 0 Å². The van der Waals surface area contributed by atoms with E-state index in [4.69, 9.17) is 5.11 Å². The van der Waals surface area contributed by atoms with E-state index < -0.39 is 5.97 Å². The van der Waals surface area contributed by atoms with Crippen molar-refractivity contribution in [1.29, 1.82) is 0 Å². The van der Waals surface area contributed by atoms with Gasteiger partial charge in [-0.15, -0.1) is 0 Å². The number of piperidine rings is 1. The molecule has 0 aromatic rings. The Kier molecular flexibility index (Phi) is 3.33. The number of hydrogen-bond donors (Lipinski definition) is 1. The molecule has 0 aliphatic carbocycles. The second-order valence-electron chi connectivity index (χ2n) is 5.14. The molecule has 4 nitrogen and oxygen atoms in total. The van der Waals surface area contributed by atoms with Crippen LogP contribution in [0.25, 0.3) is 0 Å². The first kappa shape index (κ1) is 12.3. The molecule has 2 aliphatic rings. The van der Waals surface area contributed by atoms with Gasteiger partial charge < -0.3 is 5.11 Å². The number of rotatable bonds is 4. The average Bonchev–Trinajstić information content (AvgIpc) is 2.66. The number of allylic oxidation sites excluding steroid dienone is 1. The zero-order valence-corrected chi connectivity index (χ0v) is 10.2. The van der Waals surface area contributed by atoms with Crippen molar-refractivity contribution in [3.8, 4) is 0 Å². The van der Waals surface area contributed by atoms with Gasteiger partial charge in [0.15, 0.2) is 5.78 Å². The summed E-state index contributed by atoms with van der Waals surface area (Å²) >= 11 is 0. The number of aliphatic carboxylic acids is 1. The van der Waals surface area contributed by atoms with Gasteiger partial charge in [-0.3, -0.25) is 9.69 Å². The van der Waals surface area contributed by atoms with Crippen LogP contribution in [-0.4, -0.2) is 40.9 Å². The highest BCUT2D eigenvalue weighted by atomic mass is 16.4. The molecule has 0 aromatic heterocycles. The number of carbonyl (C=O) groups is 2. The van der Waals surface area contributed by atoms with Crippen molar-refractivity contribution in [2.24, 2.45) is 5.41 Å². The van der Waals surface area contributed by atoms with Crippen LogP contribution >= 0.6 is 0 Å². The predicted molar refractivity (Wildman–Crippen MR) is 63.7 cm³/mol. The van der Waals surface area contributed by atoms with Crippen molar-refractivity contribution >= 4 is 11.8 Å². The van der Waals surface area contributed by atoms with E-state index in [0.29, 0.717) is 6.04 Å². The molecule has 2 fully saturated rings. The van der Waals surface area contributed by atoms with Gasteiger partial charge >= 0.3 is 5.97 Å². The maximum Gasteiger partial charge on any atom is 0.328 e. The van der Waals surface area contributed by atoms with Gasteiger partial charge in [0.25, 0.3) is 0 Å². The van der Waals surface area contributed by atoms with Crippen LogP contribution in [0.3, 0.4) is 0 Å². The van der Waals surface area contributed by atoms with Crippen LogP contribution in [0.5, 0.6) is 0 Å². The molecule has 2 saturated heterocycles. The fraction of sp³-hybridized carbons (Fsp3) is 0.692. The molecule has 2 bridgehead atoms. The van der Waals surface area contributed by atoms with Gasteiger partial charge in [0, 0.05) is 24.1 Å². The molecule has 0 radical (unpaired) electrons. The van der Waals surface area contributed by atoms with Crippen LogP contribution in [0, 0.1) is 5.41 Å². The second kappa shape index (κ2) is 4.61. The van der Waals surface area contributed by atoms with Gasteiger partial charge in [-0.05, 0) is 38.3 Å². The second-order valence-corrected chi connectivity index (χ2v) is 5.14. The largest absolute Gasteiger partial charge is 0.478 e. The molecular formula is C13H19NO3. The quantitative estimate of drug-likeness (QED) is 0.752. The van der Waals surface area contributed by atoms with E-state index in [1.807, 2.05) is 0 Å². The average molecular weight is 237 g/mol. The Balaban J connectivity index is 2.07. The first-order valence-corrected chi connectivity index (χ1v) is 6.27. The number of carboxylic acid groups (broad SMARTS) is 1. The smallest absolute Gasteiger partial charge is 0.328 e. The van der Waals surface area contributed by atoms with Gasteiger partial charge in [0.05, 0.1) is 0 Å². The zero-order valence-electron chi connectivity index (χ0n) is 10.2. The third kappa shape index (κ3) is 2.27. The Labute approximate surface area is 101 Å². The van der Waals surface area contributed by atoms with Gasteiger partial charge in [-0.25, -0.2) is 4.79 Å². The molecule has 0 spiro atoms. The summed E-state index contributed by atoms with van der Waals surface area (Å²) in [6.45, 7) is 3.97. The molecule has 2 aliphatic heterocycles. The van der Waals surface area contributed by atoms with E-state index in [9.17, 15) is 9.59 Å². The van der Waals surface area contributed by atoms with Crippen LogP contribution in [0.4, 0.5) is 0 Å². The Bertz CT molecular complexity index is 364. The lowest BCUT2D eigenvalue weighted by molar-refractivity contribution is -0.132. The van der Waals surface area contributed by atoms with E-state index in [2.05, 4.69) is 11.8 Å². The number of carboxylic acids is 1. The molecule has 94 valence electrons. The molecule has 2 rings (SSSR count). The minimum Gasteiger partial charge on any atom is -0.478 e. The summed E-state index contributed by atoms with van der Waals surface area (Å²) in [5.74, 6) is -1.05. The standard InChI is InChI=1S/C13H19NO3/c1-2-10-5-6-13(7-8-14(10)9-13)11(15)3-4-12(16)17/h3-4,10H,2,5-9H2,1H3,(H,16,17)/b4-3+. The van der Waals surface area contributed by atoms with Crippen molar-refractivity contribution in [2.45, 2.75) is 38.6 Å². The van der Waals surface area contributed by atoms with E-state index in [1.54, 1.807) is 0 Å². The molecule has 0 aromatic carbocycles. The number of nitrogens with zero attached hydrogens (tertiary/aromatic N) is 1. The lowest BCUT2D eigenvalue weighted by atomic mass is 9.75. The molecule has 2 heterocycles. The van der Waals surface area contributed by atoms with E-state index in [1.165, 1.54) is 6.08 Å². The number of fused-ring (bicyclic) bond motifs is 2. The minimum absolute atomic E-state index is 0.00282. The van der Waals surface area contributed by atoms with Crippen molar-refractivity contribution in [3.63, 3.8) is 0 Å². The monoisotopic (exact) mass is 237 g/mol. The maximum absolute atomic E-state index is 12.1. The Morgan fingerprint density at radius 2 is 2.18 bits per heavy atom. The van der Waals surface area contributed by atoms with Crippen LogP contribution in [0.1, 0.15) is 32.6 Å². The minimum atomic E-state index is -1.05. The Morgan fingerprint density at radius 3 is 2.82 bits per heavy atom. The van der Waals surface area contributed by atoms with Gasteiger partial charge in [-0.1, -0.05) is 6.92 Å². The van der Waals surface area contributed by atoms with Crippen molar-refractivity contribution in [2.75, 3.05) is 13.1 Å². The summed E-state index contributed by atoms with van der Waals surface area (Å²) in [6.07, 6.45) is 6.19. The first-order chi connectivity index (χ1) is 8.07. The van der Waals surface area contributed by atoms with E-state index in [0.717, 1.165) is 44.8 Å². The number of hydrogen-bond acceptors (Lipinski definition) is 3. The lowest BCUT2D eigenvalue weighted by Crippen LogP contribution is -2.43. The molecular weight excluding hydrogens is 218 g/mol. The summed E-state index contributed by atoms with van der Waals surface area (Å²) in [6, 6.07) is 0.613. The van der Waals surface area contributed by atoms with Crippen molar-refractivity contribution in [3.05, 3.63) is 12.2 Å². The first-order valence-electron chi connectivity index (χ1n) is 6.27. The molecule has 4 heteroatoms. The topological polar surface area (TPSA) is 57.6 Å². The highest BCUT2D eigenvalue weighted by molar-refractivity contribution is 5.99. The molecule has 1 N–H and O–H groups in total. The van der Waals surface area contributed by atoms with Crippen molar-refractivity contribution < 1.29 is 14.7 Å². The maximum atomic E-state index is 12.1. The molecule has 3 unspecified atom stereocenters. The molecule has 0 saturated carbocycles. The SMILES string of the molecule is CCC1CCC2(C(=O)/C=C/C(=O)O)CCN1C2. The number of ketones is 1. The Hall–Kier alpha value is -1.16. The Morgan fingerprint density at radius 1 is 1.41 bits per heavy atom. The normalized spacial score (nSPS) is 36.3. The summed E-state index contributed by atoms with van der Waals surface area (Å²) < 4.78 is 0. The van der Waals surface area contributed by atoms with Crippen LogP contribution < -0.4 is 0 Å². The van der Waals surface area contributed by atoms with E-state index in [-0.39, 0.29) is 11.2 Å². The van der Waals surface area contributed by atoms with Gasteiger partial charge in [0.2, 0.25) is 0 Å². The predicted octanol–water partition coefficient (Wildman–Crippen LogP) is 1.46. The summed E-state index contributed by atoms with van der Waals surface area (Å²) in [5, 5.41) is 8.56. The summed E-state index contributed by atoms with van der Waals surface area (Å²) in [5.41, 5.74) is -0.294. The van der Waals surface area contributed by atoms with Crippen molar-refractivity contribution in [1.82, 2.24) is 4.90 Å². The third-order valence-electron chi connectivity index (χ3n) is 4.23. The fourth-order valence-electron chi connectivity index (χ4n) is 3.16. The fourth-order valence-corrected chi connectivity index (χ4v) is 3.16. The molecule has 17 heavy (non-hydrogen) atoms. The zero-order chi connectivity index (χ0) is 12.5. The highest BCUT2D eigenvalue weighted by Gasteiger charge is 2.47. The molecule has 3 atom stereocenters. The summed E-state index contributed by atoms with van der Waals surface area (Å²) in [7, 11) is 0. The number of carbonyl (C=O) groups excluding carboxylic acids is 1. The van der Waals surface area contributed by atoms with Crippen LogP contribution in [-0.2, 0) is 9.59 Å².